The van der Waals surface area contributed by atoms with Gasteiger partial charge in [-0.05, 0) is 40.7 Å². The van der Waals surface area contributed by atoms with Gasteiger partial charge in [0.25, 0.3) is 0 Å². The van der Waals surface area contributed by atoms with Gasteiger partial charge in [0.1, 0.15) is 0 Å². The van der Waals surface area contributed by atoms with Gasteiger partial charge < -0.3 is 4.90 Å². The van der Waals surface area contributed by atoms with E-state index in [1.807, 2.05) is 7.05 Å². The third-order valence-corrected chi connectivity index (χ3v) is 3.00. The standard InChI is InChI=1S/C8H19N.C5H9NO/c1-6-9(7(2)3)8(4)5;1-6-4-2-3-5(6)7/h7-8H,6H2,1-5H3;2-4H2,1H3. The monoisotopic (exact) mass is 228 g/mol. The number of hydrogen-bond donors (Lipinski definition) is 0. The van der Waals surface area contributed by atoms with E-state index in [1.165, 1.54) is 0 Å². The van der Waals surface area contributed by atoms with Gasteiger partial charge in [-0.2, -0.15) is 0 Å². The highest BCUT2D eigenvalue weighted by molar-refractivity contribution is 5.77. The Labute approximate surface area is 101 Å². The smallest absolute Gasteiger partial charge is 0.222 e. The second-order valence-electron chi connectivity index (χ2n) is 4.94. The molecule has 0 radical (unpaired) electrons. The Bertz CT molecular complexity index is 194. The normalized spacial score (nSPS) is 16.1. The zero-order valence-electron chi connectivity index (χ0n) is 11.8. The predicted molar refractivity (Wildman–Crippen MR) is 69.5 cm³/mol. The Morgan fingerprint density at radius 1 is 1.25 bits per heavy atom. The molecule has 1 aliphatic rings. The Balaban J connectivity index is 0.000000288. The van der Waals surface area contributed by atoms with Crippen LogP contribution in [0.15, 0.2) is 0 Å². The Morgan fingerprint density at radius 3 is 1.81 bits per heavy atom. The summed E-state index contributed by atoms with van der Waals surface area (Å²) in [5, 5.41) is 0. The highest BCUT2D eigenvalue weighted by Gasteiger charge is 2.14. The average Bonchev–Trinajstić information content (AvgIpc) is 2.51. The van der Waals surface area contributed by atoms with Crippen molar-refractivity contribution in [3.63, 3.8) is 0 Å². The summed E-state index contributed by atoms with van der Waals surface area (Å²) in [5.41, 5.74) is 0. The van der Waals surface area contributed by atoms with Crippen LogP contribution in [-0.2, 0) is 4.79 Å². The SMILES string of the molecule is CCN(C(C)C)C(C)C.CN1CCCC1=O. The van der Waals surface area contributed by atoms with E-state index in [4.69, 9.17) is 0 Å². The van der Waals surface area contributed by atoms with Crippen molar-refractivity contribution in [2.24, 2.45) is 0 Å². The fourth-order valence-corrected chi connectivity index (χ4v) is 2.11. The van der Waals surface area contributed by atoms with Crippen LogP contribution in [0.5, 0.6) is 0 Å². The van der Waals surface area contributed by atoms with E-state index in [2.05, 4.69) is 39.5 Å². The van der Waals surface area contributed by atoms with Gasteiger partial charge in [0.15, 0.2) is 0 Å². The van der Waals surface area contributed by atoms with Crippen molar-refractivity contribution in [1.82, 2.24) is 9.80 Å². The summed E-state index contributed by atoms with van der Waals surface area (Å²) in [6, 6.07) is 1.38. The predicted octanol–water partition coefficient (Wildman–Crippen LogP) is 2.36. The summed E-state index contributed by atoms with van der Waals surface area (Å²) in [6.45, 7) is 13.3. The molecule has 0 aromatic carbocycles. The van der Waals surface area contributed by atoms with Gasteiger partial charge in [0.05, 0.1) is 0 Å². The quantitative estimate of drug-likeness (QED) is 0.740. The van der Waals surface area contributed by atoms with E-state index in [0.29, 0.717) is 18.0 Å². The lowest BCUT2D eigenvalue weighted by Crippen LogP contribution is -2.36. The van der Waals surface area contributed by atoms with Crippen molar-refractivity contribution < 1.29 is 4.79 Å². The molecule has 1 rings (SSSR count). The van der Waals surface area contributed by atoms with Gasteiger partial charge >= 0.3 is 0 Å². The summed E-state index contributed by atoms with van der Waals surface area (Å²) < 4.78 is 0. The second kappa shape index (κ2) is 7.66. The minimum absolute atomic E-state index is 0.292. The lowest BCUT2D eigenvalue weighted by atomic mass is 10.2. The highest BCUT2D eigenvalue weighted by Crippen LogP contribution is 2.04. The van der Waals surface area contributed by atoms with Gasteiger partial charge in [0.2, 0.25) is 5.91 Å². The van der Waals surface area contributed by atoms with Crippen LogP contribution in [0.4, 0.5) is 0 Å². The van der Waals surface area contributed by atoms with E-state index >= 15 is 0 Å². The number of likely N-dealkylation sites (tertiary alicyclic amines) is 1. The first-order valence-electron chi connectivity index (χ1n) is 6.39. The lowest BCUT2D eigenvalue weighted by molar-refractivity contribution is -0.126. The van der Waals surface area contributed by atoms with Crippen LogP contribution in [0, 0.1) is 0 Å². The van der Waals surface area contributed by atoms with Crippen molar-refractivity contribution in [3.05, 3.63) is 0 Å². The Kier molecular flexibility index (Phi) is 7.39. The molecule has 1 amide bonds. The molecule has 0 aromatic heterocycles. The topological polar surface area (TPSA) is 23.6 Å². The molecule has 1 aliphatic heterocycles. The van der Waals surface area contributed by atoms with Crippen LogP contribution < -0.4 is 0 Å². The van der Waals surface area contributed by atoms with Gasteiger partial charge in [-0.3, -0.25) is 9.69 Å². The number of nitrogens with zero attached hydrogens (tertiary/aromatic N) is 2. The van der Waals surface area contributed by atoms with Crippen LogP contribution in [0.3, 0.4) is 0 Å². The zero-order chi connectivity index (χ0) is 12.7. The maximum absolute atomic E-state index is 10.5. The number of rotatable bonds is 3. The van der Waals surface area contributed by atoms with E-state index in [-0.39, 0.29) is 0 Å². The molecular formula is C13H28N2O. The van der Waals surface area contributed by atoms with Crippen molar-refractivity contribution in [3.8, 4) is 0 Å². The molecular weight excluding hydrogens is 200 g/mol. The molecule has 0 spiro atoms. The van der Waals surface area contributed by atoms with Crippen LogP contribution in [0.2, 0.25) is 0 Å². The molecule has 0 aromatic rings. The summed E-state index contributed by atoms with van der Waals surface area (Å²) in [6.07, 6.45) is 1.81. The van der Waals surface area contributed by atoms with Crippen LogP contribution in [0.1, 0.15) is 47.5 Å². The fraction of sp³-hybridized carbons (Fsp3) is 0.923. The zero-order valence-corrected chi connectivity index (χ0v) is 11.8. The Morgan fingerprint density at radius 2 is 1.75 bits per heavy atom. The van der Waals surface area contributed by atoms with Crippen LogP contribution >= 0.6 is 0 Å². The summed E-state index contributed by atoms with van der Waals surface area (Å²) in [7, 11) is 1.84. The number of carbonyl (C=O) groups is 1. The van der Waals surface area contributed by atoms with Crippen molar-refractivity contribution in [1.29, 1.82) is 0 Å². The first-order valence-corrected chi connectivity index (χ1v) is 6.39. The molecule has 16 heavy (non-hydrogen) atoms. The third-order valence-electron chi connectivity index (χ3n) is 3.00. The molecule has 0 aliphatic carbocycles. The maximum atomic E-state index is 10.5. The van der Waals surface area contributed by atoms with Crippen molar-refractivity contribution >= 4 is 5.91 Å². The molecule has 0 N–H and O–H groups in total. The molecule has 3 nitrogen and oxygen atoms in total. The summed E-state index contributed by atoms with van der Waals surface area (Å²) in [5.74, 6) is 0.292. The molecule has 0 atom stereocenters. The van der Waals surface area contributed by atoms with Crippen molar-refractivity contribution in [2.45, 2.75) is 59.5 Å². The van der Waals surface area contributed by atoms with E-state index < -0.39 is 0 Å². The fourth-order valence-electron chi connectivity index (χ4n) is 2.11. The maximum Gasteiger partial charge on any atom is 0.222 e. The molecule has 1 fully saturated rings. The van der Waals surface area contributed by atoms with Crippen molar-refractivity contribution in [2.75, 3.05) is 20.1 Å². The third kappa shape index (κ3) is 5.50. The highest BCUT2D eigenvalue weighted by atomic mass is 16.2. The number of amides is 1. The largest absolute Gasteiger partial charge is 0.346 e. The van der Waals surface area contributed by atoms with Crippen LogP contribution in [-0.4, -0.2) is 47.9 Å². The molecule has 1 saturated heterocycles. The summed E-state index contributed by atoms with van der Waals surface area (Å²) in [4.78, 5) is 14.7. The molecule has 0 bridgehead atoms. The molecule has 96 valence electrons. The number of carbonyl (C=O) groups excluding carboxylic acids is 1. The molecule has 0 unspecified atom stereocenters. The van der Waals surface area contributed by atoms with E-state index in [0.717, 1.165) is 25.9 Å². The lowest BCUT2D eigenvalue weighted by Gasteiger charge is -2.28. The minimum Gasteiger partial charge on any atom is -0.346 e. The minimum atomic E-state index is 0.292. The molecule has 3 heteroatoms. The first kappa shape index (κ1) is 15.4. The van der Waals surface area contributed by atoms with Gasteiger partial charge in [0, 0.05) is 32.1 Å². The van der Waals surface area contributed by atoms with Gasteiger partial charge in [-0.1, -0.05) is 6.92 Å². The van der Waals surface area contributed by atoms with E-state index in [9.17, 15) is 4.79 Å². The van der Waals surface area contributed by atoms with Gasteiger partial charge in [-0.15, -0.1) is 0 Å². The Hall–Kier alpha value is -0.570. The van der Waals surface area contributed by atoms with Crippen LogP contribution in [0.25, 0.3) is 0 Å². The number of hydrogen-bond acceptors (Lipinski definition) is 2. The first-order chi connectivity index (χ1) is 7.40. The van der Waals surface area contributed by atoms with E-state index in [1.54, 1.807) is 4.90 Å². The summed E-state index contributed by atoms with van der Waals surface area (Å²) >= 11 is 0. The molecule has 1 heterocycles. The average molecular weight is 228 g/mol. The second-order valence-corrected chi connectivity index (χ2v) is 4.94. The van der Waals surface area contributed by atoms with Gasteiger partial charge in [-0.25, -0.2) is 0 Å². The molecule has 0 saturated carbocycles.